The van der Waals surface area contributed by atoms with E-state index in [0.29, 0.717) is 23.5 Å². The van der Waals surface area contributed by atoms with E-state index in [0.717, 1.165) is 37.1 Å². The van der Waals surface area contributed by atoms with Gasteiger partial charge in [-0.05, 0) is 49.8 Å². The molecule has 0 unspecified atom stereocenters. The summed E-state index contributed by atoms with van der Waals surface area (Å²) in [5.41, 5.74) is 1.68. The third kappa shape index (κ3) is 5.29. The molecule has 158 valence electrons. The number of hydrogen-bond donors (Lipinski definition) is 1. The molecule has 1 heterocycles. The van der Waals surface area contributed by atoms with Gasteiger partial charge >= 0.3 is 0 Å². The molecule has 0 spiro atoms. The molecule has 1 N–H and O–H groups in total. The van der Waals surface area contributed by atoms with Gasteiger partial charge in [-0.2, -0.15) is 0 Å². The van der Waals surface area contributed by atoms with Crippen LogP contribution in [0.25, 0.3) is 10.9 Å². The van der Waals surface area contributed by atoms with E-state index in [-0.39, 0.29) is 16.9 Å². The lowest BCUT2D eigenvalue weighted by molar-refractivity contribution is 0.0950. The minimum Gasteiger partial charge on any atom is -0.352 e. The minimum absolute atomic E-state index is 0.156. The molecule has 0 aliphatic carbocycles. The Morgan fingerprint density at radius 3 is 2.53 bits per heavy atom. The summed E-state index contributed by atoms with van der Waals surface area (Å²) in [7, 11) is 0. The highest BCUT2D eigenvalue weighted by atomic mass is 35.5. The standard InChI is InChI=1S/C24H28ClN3O2/c1-3-27(4-2)14-8-13-26-24(30)21-17-28(16-18-9-6-5-7-10-18)22-15-19(25)11-12-20(22)23(21)29/h5-7,9-12,15,17H,3-4,8,13-14,16H2,1-2H3,(H,26,30). The average molecular weight is 426 g/mol. The summed E-state index contributed by atoms with van der Waals surface area (Å²) in [5, 5.41) is 3.95. The first-order chi connectivity index (χ1) is 14.5. The van der Waals surface area contributed by atoms with E-state index in [9.17, 15) is 9.59 Å². The van der Waals surface area contributed by atoms with Gasteiger partial charge in [0.05, 0.1) is 5.52 Å². The quantitative estimate of drug-likeness (QED) is 0.523. The number of carbonyl (C=O) groups excluding carboxylic acids is 1. The van der Waals surface area contributed by atoms with Gasteiger partial charge in [0.1, 0.15) is 5.56 Å². The highest BCUT2D eigenvalue weighted by Crippen LogP contribution is 2.19. The highest BCUT2D eigenvalue weighted by Gasteiger charge is 2.16. The van der Waals surface area contributed by atoms with Crippen LogP contribution in [0, 0.1) is 0 Å². The van der Waals surface area contributed by atoms with Gasteiger partial charge in [-0.3, -0.25) is 9.59 Å². The molecular weight excluding hydrogens is 398 g/mol. The molecule has 3 rings (SSSR count). The second kappa shape index (κ2) is 10.4. The third-order valence-corrected chi connectivity index (χ3v) is 5.55. The summed E-state index contributed by atoms with van der Waals surface area (Å²) in [4.78, 5) is 28.1. The van der Waals surface area contributed by atoms with Crippen molar-refractivity contribution in [3.8, 4) is 0 Å². The topological polar surface area (TPSA) is 54.3 Å². The predicted molar refractivity (Wildman–Crippen MR) is 124 cm³/mol. The van der Waals surface area contributed by atoms with Crippen LogP contribution in [-0.2, 0) is 6.54 Å². The van der Waals surface area contributed by atoms with Crippen molar-refractivity contribution in [1.29, 1.82) is 0 Å². The molecular formula is C24H28ClN3O2. The van der Waals surface area contributed by atoms with E-state index in [4.69, 9.17) is 11.6 Å². The largest absolute Gasteiger partial charge is 0.352 e. The number of halogens is 1. The molecule has 30 heavy (non-hydrogen) atoms. The van der Waals surface area contributed by atoms with Gasteiger partial charge in [-0.15, -0.1) is 0 Å². The molecule has 0 saturated heterocycles. The molecule has 0 aliphatic heterocycles. The van der Waals surface area contributed by atoms with Gasteiger partial charge in [0, 0.05) is 29.7 Å². The molecule has 6 heteroatoms. The van der Waals surface area contributed by atoms with Crippen LogP contribution < -0.4 is 10.7 Å². The Kier molecular flexibility index (Phi) is 7.66. The lowest BCUT2D eigenvalue weighted by Crippen LogP contribution is -2.33. The van der Waals surface area contributed by atoms with Crippen molar-refractivity contribution >= 4 is 28.4 Å². The zero-order valence-electron chi connectivity index (χ0n) is 17.5. The summed E-state index contributed by atoms with van der Waals surface area (Å²) in [6.07, 6.45) is 2.49. The van der Waals surface area contributed by atoms with Crippen LogP contribution in [0.4, 0.5) is 0 Å². The number of nitrogens with zero attached hydrogens (tertiary/aromatic N) is 2. The fourth-order valence-electron chi connectivity index (χ4n) is 3.58. The van der Waals surface area contributed by atoms with Crippen LogP contribution in [-0.4, -0.2) is 41.6 Å². The van der Waals surface area contributed by atoms with Crippen LogP contribution in [0.1, 0.15) is 36.2 Å². The Labute approximate surface area is 182 Å². The molecule has 0 aliphatic rings. The molecule has 5 nitrogen and oxygen atoms in total. The monoisotopic (exact) mass is 425 g/mol. The van der Waals surface area contributed by atoms with Crippen molar-refractivity contribution < 1.29 is 4.79 Å². The smallest absolute Gasteiger partial charge is 0.256 e. The second-order valence-corrected chi connectivity index (χ2v) is 7.72. The molecule has 0 atom stereocenters. The zero-order chi connectivity index (χ0) is 21.5. The zero-order valence-corrected chi connectivity index (χ0v) is 18.3. The van der Waals surface area contributed by atoms with Crippen molar-refractivity contribution in [2.24, 2.45) is 0 Å². The van der Waals surface area contributed by atoms with Gasteiger partial charge in [-0.25, -0.2) is 0 Å². The van der Waals surface area contributed by atoms with Gasteiger partial charge in [0.2, 0.25) is 5.43 Å². The average Bonchev–Trinajstić information content (AvgIpc) is 2.76. The maximum atomic E-state index is 13.0. The molecule has 1 amide bonds. The lowest BCUT2D eigenvalue weighted by Gasteiger charge is -2.18. The van der Waals surface area contributed by atoms with Crippen molar-refractivity contribution in [3.63, 3.8) is 0 Å². The minimum atomic E-state index is -0.335. The van der Waals surface area contributed by atoms with Crippen LogP contribution in [0.5, 0.6) is 0 Å². The van der Waals surface area contributed by atoms with Crippen LogP contribution in [0.3, 0.4) is 0 Å². The van der Waals surface area contributed by atoms with E-state index in [2.05, 4.69) is 24.1 Å². The summed E-state index contributed by atoms with van der Waals surface area (Å²) in [6.45, 7) is 8.22. The Balaban J connectivity index is 1.87. The number of pyridine rings is 1. The summed E-state index contributed by atoms with van der Waals surface area (Å²) >= 11 is 6.18. The summed E-state index contributed by atoms with van der Waals surface area (Å²) in [6, 6.07) is 15.1. The normalized spacial score (nSPS) is 11.2. The first-order valence-corrected chi connectivity index (χ1v) is 10.8. The number of fused-ring (bicyclic) bond motifs is 1. The van der Waals surface area contributed by atoms with Crippen molar-refractivity contribution in [3.05, 3.63) is 81.1 Å². The Morgan fingerprint density at radius 1 is 1.10 bits per heavy atom. The number of carbonyl (C=O) groups is 1. The lowest BCUT2D eigenvalue weighted by atomic mass is 10.1. The van der Waals surface area contributed by atoms with Gasteiger partial charge < -0.3 is 14.8 Å². The maximum Gasteiger partial charge on any atom is 0.256 e. The van der Waals surface area contributed by atoms with Crippen molar-refractivity contribution in [2.45, 2.75) is 26.8 Å². The Morgan fingerprint density at radius 2 is 1.83 bits per heavy atom. The van der Waals surface area contributed by atoms with Gasteiger partial charge in [-0.1, -0.05) is 55.8 Å². The molecule has 0 radical (unpaired) electrons. The summed E-state index contributed by atoms with van der Waals surface area (Å²) in [5.74, 6) is -0.335. The van der Waals surface area contributed by atoms with Gasteiger partial charge in [0.25, 0.3) is 5.91 Å². The van der Waals surface area contributed by atoms with E-state index in [1.54, 1.807) is 24.4 Å². The number of aromatic nitrogens is 1. The van der Waals surface area contributed by atoms with E-state index >= 15 is 0 Å². The SMILES string of the molecule is CCN(CC)CCCNC(=O)c1cn(Cc2ccccc2)c2cc(Cl)ccc2c1=O. The van der Waals surface area contributed by atoms with Crippen LogP contribution in [0.15, 0.2) is 59.5 Å². The fraction of sp³-hybridized carbons (Fsp3) is 0.333. The second-order valence-electron chi connectivity index (χ2n) is 7.28. The Bertz CT molecular complexity index is 1060. The van der Waals surface area contributed by atoms with E-state index in [1.165, 1.54) is 0 Å². The summed E-state index contributed by atoms with van der Waals surface area (Å²) < 4.78 is 1.92. The van der Waals surface area contributed by atoms with E-state index in [1.807, 2.05) is 34.9 Å². The molecule has 0 fully saturated rings. The molecule has 3 aromatic rings. The third-order valence-electron chi connectivity index (χ3n) is 5.31. The molecule has 1 aromatic heterocycles. The molecule has 0 saturated carbocycles. The first-order valence-electron chi connectivity index (χ1n) is 10.4. The van der Waals surface area contributed by atoms with Crippen LogP contribution >= 0.6 is 11.6 Å². The number of nitrogens with one attached hydrogen (secondary N) is 1. The van der Waals surface area contributed by atoms with E-state index < -0.39 is 0 Å². The first kappa shape index (κ1) is 22.1. The Hall–Kier alpha value is -2.63. The van der Waals surface area contributed by atoms with Gasteiger partial charge in [0.15, 0.2) is 0 Å². The van der Waals surface area contributed by atoms with Crippen molar-refractivity contribution in [2.75, 3.05) is 26.2 Å². The number of rotatable bonds is 9. The molecule has 2 aromatic carbocycles. The number of amides is 1. The maximum absolute atomic E-state index is 13.0. The number of hydrogen-bond acceptors (Lipinski definition) is 3. The highest BCUT2D eigenvalue weighted by molar-refractivity contribution is 6.31. The molecule has 0 bridgehead atoms. The van der Waals surface area contributed by atoms with Crippen LogP contribution in [0.2, 0.25) is 5.02 Å². The fourth-order valence-corrected chi connectivity index (χ4v) is 3.74. The number of benzene rings is 2. The van der Waals surface area contributed by atoms with Crippen molar-refractivity contribution in [1.82, 2.24) is 14.8 Å². The predicted octanol–water partition coefficient (Wildman–Crippen LogP) is 4.16.